The van der Waals surface area contributed by atoms with Crippen LogP contribution in [0.4, 0.5) is 0 Å². The van der Waals surface area contributed by atoms with Gasteiger partial charge in [-0.25, -0.2) is 0 Å². The summed E-state index contributed by atoms with van der Waals surface area (Å²) in [7, 11) is 0. The Bertz CT molecular complexity index is 285. The minimum Gasteiger partial charge on any atom is -0.329 e. The Morgan fingerprint density at radius 1 is 1.43 bits per heavy atom. The number of hydrogen-bond donors (Lipinski definition) is 2. The van der Waals surface area contributed by atoms with E-state index in [1.807, 2.05) is 37.3 Å². The largest absolute Gasteiger partial charge is 0.329 e. The van der Waals surface area contributed by atoms with Gasteiger partial charge in [-0.1, -0.05) is 30.3 Å². The maximum Gasteiger partial charge on any atom is 0.179 e. The molecule has 1 aromatic carbocycles. The van der Waals surface area contributed by atoms with Crippen molar-refractivity contribution in [3.05, 3.63) is 35.9 Å². The van der Waals surface area contributed by atoms with E-state index < -0.39 is 0 Å². The molecule has 0 aliphatic carbocycles. The number of carbonyl (C=O) groups is 1. The van der Waals surface area contributed by atoms with Gasteiger partial charge in [-0.15, -0.1) is 0 Å². The van der Waals surface area contributed by atoms with Crippen LogP contribution in [0.1, 0.15) is 17.3 Å². The second-order valence-corrected chi connectivity index (χ2v) is 3.19. The molecule has 0 heterocycles. The summed E-state index contributed by atoms with van der Waals surface area (Å²) in [6.07, 6.45) is 0. The summed E-state index contributed by atoms with van der Waals surface area (Å²) in [6.45, 7) is 3.07. The van der Waals surface area contributed by atoms with Crippen LogP contribution in [0.2, 0.25) is 0 Å². The lowest BCUT2D eigenvalue weighted by Crippen LogP contribution is -2.37. The van der Waals surface area contributed by atoms with Gasteiger partial charge in [0.2, 0.25) is 0 Å². The van der Waals surface area contributed by atoms with Gasteiger partial charge < -0.3 is 11.1 Å². The van der Waals surface area contributed by atoms with E-state index in [0.717, 1.165) is 5.56 Å². The van der Waals surface area contributed by atoms with Crippen LogP contribution in [0, 0.1) is 0 Å². The van der Waals surface area contributed by atoms with Crippen LogP contribution in [0.3, 0.4) is 0 Å². The molecular weight excluding hydrogens is 176 g/mol. The van der Waals surface area contributed by atoms with Crippen molar-refractivity contribution in [3.63, 3.8) is 0 Å². The maximum absolute atomic E-state index is 11.7. The van der Waals surface area contributed by atoms with Crippen LogP contribution in [0.25, 0.3) is 0 Å². The number of carbonyl (C=O) groups excluding carboxylic acids is 1. The highest BCUT2D eigenvalue weighted by Crippen LogP contribution is 2.02. The van der Waals surface area contributed by atoms with Crippen molar-refractivity contribution in [1.29, 1.82) is 0 Å². The highest BCUT2D eigenvalue weighted by molar-refractivity contribution is 5.99. The zero-order valence-corrected chi connectivity index (χ0v) is 8.36. The first-order valence-electron chi connectivity index (χ1n) is 4.78. The molecule has 0 saturated heterocycles. The second-order valence-electron chi connectivity index (χ2n) is 3.19. The number of rotatable bonds is 5. The van der Waals surface area contributed by atoms with E-state index in [-0.39, 0.29) is 11.8 Å². The van der Waals surface area contributed by atoms with E-state index >= 15 is 0 Å². The average molecular weight is 192 g/mol. The van der Waals surface area contributed by atoms with Crippen molar-refractivity contribution in [1.82, 2.24) is 5.32 Å². The van der Waals surface area contributed by atoms with Crippen LogP contribution < -0.4 is 11.1 Å². The van der Waals surface area contributed by atoms with Crippen molar-refractivity contribution in [2.75, 3.05) is 13.1 Å². The average Bonchev–Trinajstić information content (AvgIpc) is 2.26. The Kier molecular flexibility index (Phi) is 4.29. The second kappa shape index (κ2) is 5.52. The van der Waals surface area contributed by atoms with E-state index in [2.05, 4.69) is 5.32 Å². The molecule has 3 heteroatoms. The van der Waals surface area contributed by atoms with Crippen molar-refractivity contribution < 1.29 is 4.79 Å². The van der Waals surface area contributed by atoms with Gasteiger partial charge in [0.15, 0.2) is 5.78 Å². The molecule has 1 atom stereocenters. The number of Topliss-reactive ketones (excluding diaryl/α,β-unsaturated/α-hetero) is 1. The monoisotopic (exact) mass is 192 g/mol. The predicted octanol–water partition coefficient (Wildman–Crippen LogP) is 0.806. The maximum atomic E-state index is 11.7. The highest BCUT2D eigenvalue weighted by Gasteiger charge is 2.12. The van der Waals surface area contributed by atoms with Crippen LogP contribution >= 0.6 is 0 Å². The van der Waals surface area contributed by atoms with Gasteiger partial charge in [0, 0.05) is 18.7 Å². The first kappa shape index (κ1) is 10.9. The fourth-order valence-electron chi connectivity index (χ4n) is 1.24. The van der Waals surface area contributed by atoms with Crippen molar-refractivity contribution in [3.8, 4) is 0 Å². The third kappa shape index (κ3) is 2.94. The Balaban J connectivity index is 2.57. The van der Waals surface area contributed by atoms with Crippen LogP contribution in [-0.4, -0.2) is 24.9 Å². The zero-order valence-electron chi connectivity index (χ0n) is 8.36. The highest BCUT2D eigenvalue weighted by atomic mass is 16.1. The minimum atomic E-state index is -0.166. The summed E-state index contributed by atoms with van der Waals surface area (Å²) >= 11 is 0. The molecule has 0 bridgehead atoms. The standard InChI is InChI=1S/C11H16N2O/c1-9(13-8-7-12)11(14)10-5-3-2-4-6-10/h2-6,9,13H,7-8,12H2,1H3. The molecule has 0 aliphatic rings. The molecule has 0 aliphatic heterocycles. The molecule has 3 N–H and O–H groups in total. The number of nitrogens with one attached hydrogen (secondary N) is 1. The fraction of sp³-hybridized carbons (Fsp3) is 0.364. The SMILES string of the molecule is CC(NCCN)C(=O)c1ccccc1. The van der Waals surface area contributed by atoms with Gasteiger partial charge >= 0.3 is 0 Å². The topological polar surface area (TPSA) is 55.1 Å². The lowest BCUT2D eigenvalue weighted by molar-refractivity contribution is 0.0952. The van der Waals surface area contributed by atoms with Crippen molar-refractivity contribution in [2.24, 2.45) is 5.73 Å². The van der Waals surface area contributed by atoms with Gasteiger partial charge in [0.25, 0.3) is 0 Å². The van der Waals surface area contributed by atoms with Crippen LogP contribution in [-0.2, 0) is 0 Å². The fourth-order valence-corrected chi connectivity index (χ4v) is 1.24. The summed E-state index contributed by atoms with van der Waals surface area (Å²) < 4.78 is 0. The molecule has 76 valence electrons. The number of hydrogen-bond acceptors (Lipinski definition) is 3. The molecule has 0 amide bonds. The van der Waals surface area contributed by atoms with E-state index in [1.54, 1.807) is 0 Å². The summed E-state index contributed by atoms with van der Waals surface area (Å²) in [5.41, 5.74) is 6.08. The lowest BCUT2D eigenvalue weighted by atomic mass is 10.1. The summed E-state index contributed by atoms with van der Waals surface area (Å²) in [4.78, 5) is 11.7. The Labute approximate surface area is 84.3 Å². The summed E-state index contributed by atoms with van der Waals surface area (Å²) in [5.74, 6) is 0.110. The van der Waals surface area contributed by atoms with E-state index in [4.69, 9.17) is 5.73 Å². The Morgan fingerprint density at radius 2 is 2.07 bits per heavy atom. The predicted molar refractivity (Wildman–Crippen MR) is 57.3 cm³/mol. The molecule has 0 radical (unpaired) electrons. The van der Waals surface area contributed by atoms with Gasteiger partial charge in [0.1, 0.15) is 0 Å². The van der Waals surface area contributed by atoms with Crippen LogP contribution in [0.5, 0.6) is 0 Å². The Morgan fingerprint density at radius 3 is 2.64 bits per heavy atom. The molecule has 0 aromatic heterocycles. The minimum absolute atomic E-state index is 0.110. The molecule has 3 nitrogen and oxygen atoms in total. The van der Waals surface area contributed by atoms with Crippen LogP contribution in [0.15, 0.2) is 30.3 Å². The smallest absolute Gasteiger partial charge is 0.179 e. The lowest BCUT2D eigenvalue weighted by Gasteiger charge is -2.11. The first-order chi connectivity index (χ1) is 6.75. The van der Waals surface area contributed by atoms with Gasteiger partial charge in [0.05, 0.1) is 6.04 Å². The van der Waals surface area contributed by atoms with Crippen molar-refractivity contribution in [2.45, 2.75) is 13.0 Å². The van der Waals surface area contributed by atoms with E-state index in [9.17, 15) is 4.79 Å². The summed E-state index contributed by atoms with van der Waals surface area (Å²) in [6, 6.07) is 9.10. The molecule has 1 aromatic rings. The molecule has 0 saturated carbocycles. The number of nitrogens with two attached hydrogens (primary N) is 1. The van der Waals surface area contributed by atoms with E-state index in [1.165, 1.54) is 0 Å². The quantitative estimate of drug-likeness (QED) is 0.679. The molecule has 14 heavy (non-hydrogen) atoms. The Hall–Kier alpha value is -1.19. The first-order valence-corrected chi connectivity index (χ1v) is 4.78. The summed E-state index contributed by atoms with van der Waals surface area (Å²) in [5, 5.41) is 3.06. The molecule has 1 rings (SSSR count). The third-order valence-corrected chi connectivity index (χ3v) is 2.05. The normalized spacial score (nSPS) is 12.4. The molecular formula is C11H16N2O. The van der Waals surface area contributed by atoms with Gasteiger partial charge in [-0.05, 0) is 6.92 Å². The molecule has 0 spiro atoms. The molecule has 0 fully saturated rings. The van der Waals surface area contributed by atoms with Gasteiger partial charge in [-0.3, -0.25) is 4.79 Å². The number of benzene rings is 1. The van der Waals surface area contributed by atoms with Gasteiger partial charge in [-0.2, -0.15) is 0 Å². The third-order valence-electron chi connectivity index (χ3n) is 2.05. The van der Waals surface area contributed by atoms with Crippen molar-refractivity contribution >= 4 is 5.78 Å². The molecule has 1 unspecified atom stereocenters. The number of ketones is 1. The zero-order chi connectivity index (χ0) is 10.4. The van der Waals surface area contributed by atoms with E-state index in [0.29, 0.717) is 13.1 Å².